The minimum absolute atomic E-state index is 0.353. The van der Waals surface area contributed by atoms with Gasteiger partial charge >= 0.3 is 12.0 Å². The minimum Gasteiger partial charge on any atom is -0.479 e. The van der Waals surface area contributed by atoms with Gasteiger partial charge in [-0.3, -0.25) is 0 Å². The van der Waals surface area contributed by atoms with Gasteiger partial charge in [0, 0.05) is 10.2 Å². The maximum atomic E-state index is 11.4. The van der Waals surface area contributed by atoms with Gasteiger partial charge in [0.25, 0.3) is 0 Å². The Bertz CT molecular complexity index is 464. The fourth-order valence-corrected chi connectivity index (χ4v) is 1.50. The third kappa shape index (κ3) is 4.34. The zero-order valence-electron chi connectivity index (χ0n) is 9.61. The lowest BCUT2D eigenvalue weighted by Gasteiger charge is -2.10. The zero-order chi connectivity index (χ0) is 13.7. The van der Waals surface area contributed by atoms with Gasteiger partial charge in [-0.05, 0) is 24.6 Å². The molecule has 0 bridgehead atoms. The molecule has 98 valence electrons. The normalized spacial score (nSPS) is 11.7. The predicted molar refractivity (Wildman–Crippen MR) is 69.5 cm³/mol. The molecule has 0 aliphatic heterocycles. The molecule has 2 amide bonds. The van der Waals surface area contributed by atoms with Crippen molar-refractivity contribution in [3.8, 4) is 0 Å². The molecule has 0 fully saturated rings. The van der Waals surface area contributed by atoms with Gasteiger partial charge in [-0.25, -0.2) is 9.59 Å². The van der Waals surface area contributed by atoms with Crippen LogP contribution in [-0.2, 0) is 4.79 Å². The number of nitrogens with one attached hydrogen (secondary N) is 2. The summed E-state index contributed by atoms with van der Waals surface area (Å²) in [6, 6.07) is 4.69. The number of aliphatic carboxylic acids is 1. The monoisotopic (exact) mass is 316 g/mol. The van der Waals surface area contributed by atoms with Crippen molar-refractivity contribution in [1.29, 1.82) is 0 Å². The Balaban J connectivity index is 2.49. The lowest BCUT2D eigenvalue weighted by Crippen LogP contribution is -2.38. The van der Waals surface area contributed by atoms with Crippen LogP contribution in [-0.4, -0.2) is 34.9 Å². The number of aliphatic hydroxyl groups is 1. The molecule has 0 spiro atoms. The van der Waals surface area contributed by atoms with E-state index in [1.165, 1.54) is 0 Å². The van der Waals surface area contributed by atoms with E-state index in [1.807, 2.05) is 13.0 Å². The van der Waals surface area contributed by atoms with Gasteiger partial charge in [0.15, 0.2) is 6.10 Å². The molecular weight excluding hydrogens is 304 g/mol. The SMILES string of the molecule is Cc1ccc(NC(=O)NC[C@H](O)C(=O)O)cc1Br. The Morgan fingerprint density at radius 1 is 1.44 bits per heavy atom. The first-order chi connectivity index (χ1) is 8.40. The molecule has 1 aromatic carbocycles. The molecule has 0 saturated heterocycles. The number of carbonyl (C=O) groups excluding carboxylic acids is 1. The van der Waals surface area contributed by atoms with Crippen molar-refractivity contribution in [2.45, 2.75) is 13.0 Å². The maximum absolute atomic E-state index is 11.4. The van der Waals surface area contributed by atoms with Gasteiger partial charge in [0.05, 0.1) is 6.54 Å². The predicted octanol–water partition coefficient (Wildman–Crippen LogP) is 1.32. The van der Waals surface area contributed by atoms with Crippen LogP contribution in [0.25, 0.3) is 0 Å². The molecule has 0 aliphatic carbocycles. The molecule has 6 nitrogen and oxygen atoms in total. The molecule has 1 aromatic rings. The number of carboxylic acid groups (broad SMARTS) is 1. The van der Waals surface area contributed by atoms with Crippen molar-refractivity contribution in [2.75, 3.05) is 11.9 Å². The second-order valence-corrected chi connectivity index (χ2v) is 4.51. The highest BCUT2D eigenvalue weighted by Gasteiger charge is 2.14. The number of benzene rings is 1. The van der Waals surface area contributed by atoms with Crippen LogP contribution in [0.5, 0.6) is 0 Å². The lowest BCUT2D eigenvalue weighted by molar-refractivity contribution is -0.146. The summed E-state index contributed by atoms with van der Waals surface area (Å²) in [7, 11) is 0. The van der Waals surface area contributed by atoms with E-state index >= 15 is 0 Å². The molecule has 4 N–H and O–H groups in total. The molecule has 0 saturated carbocycles. The zero-order valence-corrected chi connectivity index (χ0v) is 11.2. The van der Waals surface area contributed by atoms with Crippen molar-refractivity contribution in [2.24, 2.45) is 0 Å². The molecule has 18 heavy (non-hydrogen) atoms. The summed E-state index contributed by atoms with van der Waals surface area (Å²) in [4.78, 5) is 21.7. The summed E-state index contributed by atoms with van der Waals surface area (Å²) in [6.45, 7) is 1.56. The Labute approximate surface area is 112 Å². The fraction of sp³-hybridized carbons (Fsp3) is 0.273. The van der Waals surface area contributed by atoms with Crippen molar-refractivity contribution in [1.82, 2.24) is 5.32 Å². The summed E-state index contributed by atoms with van der Waals surface area (Å²) < 4.78 is 0.853. The first-order valence-corrected chi connectivity index (χ1v) is 5.91. The Morgan fingerprint density at radius 3 is 2.67 bits per heavy atom. The van der Waals surface area contributed by atoms with Crippen LogP contribution >= 0.6 is 15.9 Å². The summed E-state index contributed by atoms with van der Waals surface area (Å²) in [5, 5.41) is 22.2. The van der Waals surface area contributed by atoms with E-state index < -0.39 is 18.1 Å². The van der Waals surface area contributed by atoms with Gasteiger partial charge in [0.1, 0.15) is 0 Å². The highest BCUT2D eigenvalue weighted by molar-refractivity contribution is 9.10. The Kier molecular flexibility index (Phi) is 5.11. The number of anilines is 1. The van der Waals surface area contributed by atoms with Gasteiger partial charge in [-0.1, -0.05) is 22.0 Å². The molecule has 0 heterocycles. The van der Waals surface area contributed by atoms with Crippen LogP contribution < -0.4 is 10.6 Å². The maximum Gasteiger partial charge on any atom is 0.334 e. The molecule has 0 unspecified atom stereocenters. The van der Waals surface area contributed by atoms with Crippen molar-refractivity contribution < 1.29 is 19.8 Å². The van der Waals surface area contributed by atoms with Crippen molar-refractivity contribution >= 4 is 33.6 Å². The molecule has 7 heteroatoms. The third-order valence-electron chi connectivity index (χ3n) is 2.17. The Morgan fingerprint density at radius 2 is 2.11 bits per heavy atom. The van der Waals surface area contributed by atoms with Gasteiger partial charge in [-0.2, -0.15) is 0 Å². The number of carboxylic acids is 1. The first kappa shape index (κ1) is 14.5. The Hall–Kier alpha value is -1.60. The number of hydrogen-bond donors (Lipinski definition) is 4. The summed E-state index contributed by atoms with van der Waals surface area (Å²) in [5.74, 6) is -1.38. The minimum atomic E-state index is -1.61. The summed E-state index contributed by atoms with van der Waals surface area (Å²) in [6.07, 6.45) is -1.61. The molecule has 1 rings (SSSR count). The highest BCUT2D eigenvalue weighted by atomic mass is 79.9. The number of aliphatic hydroxyl groups excluding tert-OH is 1. The highest BCUT2D eigenvalue weighted by Crippen LogP contribution is 2.20. The third-order valence-corrected chi connectivity index (χ3v) is 3.03. The van der Waals surface area contributed by atoms with Gasteiger partial charge in [-0.15, -0.1) is 0 Å². The van der Waals surface area contributed by atoms with Crippen LogP contribution in [0.3, 0.4) is 0 Å². The van der Waals surface area contributed by atoms with Crippen LogP contribution in [0, 0.1) is 6.92 Å². The molecule has 0 aliphatic rings. The van der Waals surface area contributed by atoms with E-state index in [-0.39, 0.29) is 6.54 Å². The van der Waals surface area contributed by atoms with Gasteiger partial charge in [0.2, 0.25) is 0 Å². The van der Waals surface area contributed by atoms with E-state index in [9.17, 15) is 9.59 Å². The quantitative estimate of drug-likeness (QED) is 0.673. The summed E-state index contributed by atoms with van der Waals surface area (Å²) in [5.41, 5.74) is 1.59. The smallest absolute Gasteiger partial charge is 0.334 e. The number of amides is 2. The van der Waals surface area contributed by atoms with E-state index in [2.05, 4.69) is 26.6 Å². The van der Waals surface area contributed by atoms with Crippen LogP contribution in [0.1, 0.15) is 5.56 Å². The number of aryl methyl sites for hydroxylation is 1. The van der Waals surface area contributed by atoms with E-state index in [0.717, 1.165) is 10.0 Å². The second kappa shape index (κ2) is 6.36. The lowest BCUT2D eigenvalue weighted by atomic mass is 10.2. The summed E-state index contributed by atoms with van der Waals surface area (Å²) >= 11 is 3.33. The second-order valence-electron chi connectivity index (χ2n) is 3.65. The number of rotatable bonds is 4. The van der Waals surface area contributed by atoms with Crippen molar-refractivity contribution in [3.63, 3.8) is 0 Å². The largest absolute Gasteiger partial charge is 0.479 e. The molecule has 0 radical (unpaired) electrons. The van der Waals surface area contributed by atoms with Crippen LogP contribution in [0.4, 0.5) is 10.5 Å². The van der Waals surface area contributed by atoms with Crippen LogP contribution in [0.15, 0.2) is 22.7 Å². The average Bonchev–Trinajstić information content (AvgIpc) is 2.30. The molecule has 1 atom stereocenters. The number of halogens is 1. The number of urea groups is 1. The van der Waals surface area contributed by atoms with Crippen molar-refractivity contribution in [3.05, 3.63) is 28.2 Å². The average molecular weight is 317 g/mol. The fourth-order valence-electron chi connectivity index (χ4n) is 1.12. The standard InChI is InChI=1S/C11H13BrN2O4/c1-6-2-3-7(4-8(6)12)14-11(18)13-5-9(15)10(16)17/h2-4,9,15H,5H2,1H3,(H,16,17)(H2,13,14,18)/t9-/m0/s1. The molecular formula is C11H13BrN2O4. The van der Waals surface area contributed by atoms with Gasteiger partial charge < -0.3 is 20.8 Å². The molecule has 0 aromatic heterocycles. The van der Waals surface area contributed by atoms with Crippen LogP contribution in [0.2, 0.25) is 0 Å². The number of hydrogen-bond acceptors (Lipinski definition) is 3. The first-order valence-electron chi connectivity index (χ1n) is 5.12. The van der Waals surface area contributed by atoms with E-state index in [4.69, 9.17) is 10.2 Å². The number of carbonyl (C=O) groups is 2. The topological polar surface area (TPSA) is 98.7 Å². The van der Waals surface area contributed by atoms with E-state index in [1.54, 1.807) is 12.1 Å². The van der Waals surface area contributed by atoms with E-state index in [0.29, 0.717) is 5.69 Å².